The van der Waals surface area contributed by atoms with E-state index in [0.717, 1.165) is 5.56 Å². The maximum Gasteiger partial charge on any atom is 0.162 e. The van der Waals surface area contributed by atoms with Crippen molar-refractivity contribution < 1.29 is 9.47 Å². The third kappa shape index (κ3) is 2.82. The van der Waals surface area contributed by atoms with Crippen molar-refractivity contribution >= 4 is 11.6 Å². The second-order valence-corrected chi connectivity index (χ2v) is 5.73. The molecule has 4 heteroatoms. The molecule has 106 valence electrons. The largest absolute Gasteiger partial charge is 0.493 e. The van der Waals surface area contributed by atoms with Gasteiger partial charge in [-0.3, -0.25) is 0 Å². The highest BCUT2D eigenvalue weighted by molar-refractivity contribution is 6.31. The normalized spacial score (nSPS) is 24.3. The standard InChI is InChI=1S/C15H22ClNO2/c1-9-5-4-6-10(9)15(17)11-7-13(18-2)14(19-3)8-12(11)16/h7-10,15H,4-6,17H2,1-3H3. The van der Waals surface area contributed by atoms with Gasteiger partial charge in [-0.2, -0.15) is 0 Å². The van der Waals surface area contributed by atoms with Gasteiger partial charge in [-0.25, -0.2) is 0 Å². The number of benzene rings is 1. The molecule has 3 atom stereocenters. The molecule has 1 aromatic carbocycles. The van der Waals surface area contributed by atoms with Crippen molar-refractivity contribution in [3.63, 3.8) is 0 Å². The summed E-state index contributed by atoms with van der Waals surface area (Å²) in [6.07, 6.45) is 3.68. The highest BCUT2D eigenvalue weighted by Gasteiger charge is 2.31. The van der Waals surface area contributed by atoms with E-state index in [-0.39, 0.29) is 6.04 Å². The van der Waals surface area contributed by atoms with Crippen LogP contribution >= 0.6 is 11.6 Å². The van der Waals surface area contributed by atoms with Crippen LogP contribution in [0.15, 0.2) is 12.1 Å². The van der Waals surface area contributed by atoms with Crippen LogP contribution in [0, 0.1) is 11.8 Å². The number of methoxy groups -OCH3 is 2. The van der Waals surface area contributed by atoms with Gasteiger partial charge in [0.15, 0.2) is 11.5 Å². The Labute approximate surface area is 120 Å². The van der Waals surface area contributed by atoms with Crippen LogP contribution in [0.25, 0.3) is 0 Å². The minimum Gasteiger partial charge on any atom is -0.493 e. The topological polar surface area (TPSA) is 44.5 Å². The average molecular weight is 284 g/mol. The van der Waals surface area contributed by atoms with Crippen molar-refractivity contribution in [1.29, 1.82) is 0 Å². The summed E-state index contributed by atoms with van der Waals surface area (Å²) in [5.74, 6) is 2.47. The van der Waals surface area contributed by atoms with Crippen LogP contribution in [0.2, 0.25) is 5.02 Å². The lowest BCUT2D eigenvalue weighted by Crippen LogP contribution is -2.23. The first-order chi connectivity index (χ1) is 9.08. The number of rotatable bonds is 4. The van der Waals surface area contributed by atoms with Crippen molar-refractivity contribution in [3.8, 4) is 11.5 Å². The molecule has 1 fully saturated rings. The molecule has 2 N–H and O–H groups in total. The molecule has 0 spiro atoms. The SMILES string of the molecule is COc1cc(Cl)c(C(N)C2CCCC2C)cc1OC. The first-order valence-electron chi connectivity index (χ1n) is 6.75. The van der Waals surface area contributed by atoms with Crippen LogP contribution < -0.4 is 15.2 Å². The average Bonchev–Trinajstić information content (AvgIpc) is 2.83. The fourth-order valence-electron chi connectivity index (χ4n) is 3.06. The molecule has 0 bridgehead atoms. The van der Waals surface area contributed by atoms with Crippen LogP contribution in [0.5, 0.6) is 11.5 Å². The number of hydrogen-bond donors (Lipinski definition) is 1. The Morgan fingerprint density at radius 2 is 1.84 bits per heavy atom. The molecule has 2 rings (SSSR count). The molecule has 0 heterocycles. The molecule has 1 aliphatic rings. The quantitative estimate of drug-likeness (QED) is 0.914. The van der Waals surface area contributed by atoms with Crippen molar-refractivity contribution in [1.82, 2.24) is 0 Å². The number of halogens is 1. The fraction of sp³-hybridized carbons (Fsp3) is 0.600. The summed E-state index contributed by atoms with van der Waals surface area (Å²) in [4.78, 5) is 0. The lowest BCUT2D eigenvalue weighted by molar-refractivity contribution is 0.341. The van der Waals surface area contributed by atoms with Gasteiger partial charge in [0.1, 0.15) is 0 Å². The smallest absolute Gasteiger partial charge is 0.162 e. The summed E-state index contributed by atoms with van der Waals surface area (Å²) < 4.78 is 10.6. The molecule has 1 aromatic rings. The Hall–Kier alpha value is -0.930. The number of hydrogen-bond acceptors (Lipinski definition) is 3. The van der Waals surface area contributed by atoms with Gasteiger partial charge in [0.2, 0.25) is 0 Å². The second-order valence-electron chi connectivity index (χ2n) is 5.33. The van der Waals surface area contributed by atoms with Crippen LogP contribution in [-0.2, 0) is 0 Å². The molecule has 0 saturated heterocycles. The molecule has 0 aromatic heterocycles. The van der Waals surface area contributed by atoms with Gasteiger partial charge in [-0.1, -0.05) is 31.4 Å². The summed E-state index contributed by atoms with van der Waals surface area (Å²) in [5.41, 5.74) is 7.38. The van der Waals surface area contributed by atoms with E-state index < -0.39 is 0 Å². The predicted octanol–water partition coefficient (Wildman–Crippen LogP) is 3.79. The molecule has 3 unspecified atom stereocenters. The van der Waals surface area contributed by atoms with Crippen molar-refractivity contribution in [2.45, 2.75) is 32.2 Å². The third-order valence-electron chi connectivity index (χ3n) is 4.25. The Balaban J connectivity index is 2.33. The monoisotopic (exact) mass is 283 g/mol. The lowest BCUT2D eigenvalue weighted by Gasteiger charge is -2.25. The van der Waals surface area contributed by atoms with Crippen LogP contribution in [-0.4, -0.2) is 14.2 Å². The molecule has 19 heavy (non-hydrogen) atoms. The van der Waals surface area contributed by atoms with Crippen molar-refractivity contribution in [2.24, 2.45) is 17.6 Å². The lowest BCUT2D eigenvalue weighted by atomic mass is 9.86. The Morgan fingerprint density at radius 3 is 2.37 bits per heavy atom. The molecular weight excluding hydrogens is 262 g/mol. The van der Waals surface area contributed by atoms with E-state index >= 15 is 0 Å². The Morgan fingerprint density at radius 1 is 1.21 bits per heavy atom. The van der Waals surface area contributed by atoms with Gasteiger partial charge in [-0.15, -0.1) is 0 Å². The van der Waals surface area contributed by atoms with Gasteiger partial charge in [0, 0.05) is 17.1 Å². The van der Waals surface area contributed by atoms with E-state index in [0.29, 0.717) is 28.4 Å². The van der Waals surface area contributed by atoms with E-state index in [1.807, 2.05) is 6.07 Å². The Kier molecular flexibility index (Phi) is 4.58. The maximum absolute atomic E-state index is 6.43. The second kappa shape index (κ2) is 6.02. The molecule has 0 aliphatic heterocycles. The van der Waals surface area contributed by atoms with Crippen molar-refractivity contribution in [3.05, 3.63) is 22.7 Å². The number of ether oxygens (including phenoxy) is 2. The van der Waals surface area contributed by atoms with E-state index in [4.69, 9.17) is 26.8 Å². The van der Waals surface area contributed by atoms with E-state index in [1.54, 1.807) is 20.3 Å². The summed E-state index contributed by atoms with van der Waals surface area (Å²) in [6.45, 7) is 2.27. The van der Waals surface area contributed by atoms with Crippen molar-refractivity contribution in [2.75, 3.05) is 14.2 Å². The highest BCUT2D eigenvalue weighted by Crippen LogP contribution is 2.43. The minimum atomic E-state index is -0.0372. The summed E-state index contributed by atoms with van der Waals surface area (Å²) in [6, 6.07) is 3.66. The summed E-state index contributed by atoms with van der Waals surface area (Å²) >= 11 is 6.34. The maximum atomic E-state index is 6.43. The van der Waals surface area contributed by atoms with Crippen LogP contribution in [0.4, 0.5) is 0 Å². The van der Waals surface area contributed by atoms with E-state index in [2.05, 4.69) is 6.92 Å². The van der Waals surface area contributed by atoms with E-state index in [9.17, 15) is 0 Å². The first kappa shape index (κ1) is 14.5. The van der Waals surface area contributed by atoms with Gasteiger partial charge in [0.25, 0.3) is 0 Å². The number of nitrogens with two attached hydrogens (primary N) is 1. The third-order valence-corrected chi connectivity index (χ3v) is 4.58. The van der Waals surface area contributed by atoms with Gasteiger partial charge >= 0.3 is 0 Å². The molecule has 1 aliphatic carbocycles. The summed E-state index contributed by atoms with van der Waals surface area (Å²) in [5, 5.41) is 0.657. The van der Waals surface area contributed by atoms with Gasteiger partial charge < -0.3 is 15.2 Å². The molecule has 0 radical (unpaired) electrons. The minimum absolute atomic E-state index is 0.0372. The van der Waals surface area contributed by atoms with Crippen LogP contribution in [0.1, 0.15) is 37.8 Å². The summed E-state index contributed by atoms with van der Waals surface area (Å²) in [7, 11) is 3.23. The van der Waals surface area contributed by atoms with E-state index in [1.165, 1.54) is 19.3 Å². The van der Waals surface area contributed by atoms with Gasteiger partial charge in [0.05, 0.1) is 14.2 Å². The zero-order valence-corrected chi connectivity index (χ0v) is 12.5. The zero-order chi connectivity index (χ0) is 14.0. The molecule has 0 amide bonds. The molecule has 3 nitrogen and oxygen atoms in total. The predicted molar refractivity (Wildman–Crippen MR) is 78.0 cm³/mol. The highest BCUT2D eigenvalue weighted by atomic mass is 35.5. The fourth-order valence-corrected chi connectivity index (χ4v) is 3.34. The van der Waals surface area contributed by atoms with Gasteiger partial charge in [-0.05, 0) is 29.9 Å². The zero-order valence-electron chi connectivity index (χ0n) is 11.8. The molecular formula is C15H22ClNO2. The molecule has 1 saturated carbocycles. The first-order valence-corrected chi connectivity index (χ1v) is 7.13. The van der Waals surface area contributed by atoms with Crippen LogP contribution in [0.3, 0.4) is 0 Å². The Bertz CT molecular complexity index is 450.